The monoisotopic (exact) mass is 260 g/mol. The average Bonchev–Trinajstić information content (AvgIpc) is 2.83. The predicted molar refractivity (Wildman–Crippen MR) is 75.4 cm³/mol. The van der Waals surface area contributed by atoms with Crippen LogP contribution in [0.1, 0.15) is 44.1 Å². The van der Waals surface area contributed by atoms with E-state index in [0.29, 0.717) is 11.8 Å². The Kier molecular flexibility index (Phi) is 3.17. The second-order valence-corrected chi connectivity index (χ2v) is 6.01. The van der Waals surface area contributed by atoms with Crippen LogP contribution in [0.15, 0.2) is 18.2 Å². The van der Waals surface area contributed by atoms with Gasteiger partial charge in [0.2, 0.25) is 0 Å². The first kappa shape index (κ1) is 12.5. The molecule has 3 rings (SSSR count). The highest BCUT2D eigenvalue weighted by Gasteiger charge is 2.34. The van der Waals surface area contributed by atoms with Crippen molar-refractivity contribution in [3.8, 4) is 0 Å². The number of para-hydroxylation sites is 1. The van der Waals surface area contributed by atoms with E-state index in [1.807, 2.05) is 6.07 Å². The minimum atomic E-state index is -0.281. The van der Waals surface area contributed by atoms with E-state index in [2.05, 4.69) is 18.3 Å². The number of nitro benzene ring substituents is 1. The second-order valence-electron chi connectivity index (χ2n) is 6.01. The third-order valence-electron chi connectivity index (χ3n) is 4.80. The van der Waals surface area contributed by atoms with Crippen LogP contribution >= 0.6 is 0 Å². The molecular weight excluding hydrogens is 240 g/mol. The number of nitro groups is 1. The zero-order valence-corrected chi connectivity index (χ0v) is 11.3. The summed E-state index contributed by atoms with van der Waals surface area (Å²) in [7, 11) is 0. The van der Waals surface area contributed by atoms with Crippen LogP contribution in [0.4, 0.5) is 11.4 Å². The molecule has 2 aliphatic rings. The van der Waals surface area contributed by atoms with Crippen LogP contribution < -0.4 is 5.32 Å². The maximum absolute atomic E-state index is 11.1. The molecule has 0 amide bonds. The van der Waals surface area contributed by atoms with Gasteiger partial charge >= 0.3 is 0 Å². The Hall–Kier alpha value is -1.58. The summed E-state index contributed by atoms with van der Waals surface area (Å²) in [6.45, 7) is 3.18. The minimum absolute atomic E-state index is 0.226. The molecule has 1 heterocycles. The van der Waals surface area contributed by atoms with Crippen molar-refractivity contribution in [2.24, 2.45) is 11.8 Å². The van der Waals surface area contributed by atoms with Crippen molar-refractivity contribution in [3.05, 3.63) is 33.9 Å². The van der Waals surface area contributed by atoms with Gasteiger partial charge in [-0.1, -0.05) is 31.9 Å². The summed E-state index contributed by atoms with van der Waals surface area (Å²) in [6, 6.07) is 5.48. The lowest BCUT2D eigenvalue weighted by molar-refractivity contribution is -0.383. The van der Waals surface area contributed by atoms with Crippen LogP contribution in [0.5, 0.6) is 0 Å². The normalized spacial score (nSPS) is 29.6. The summed E-state index contributed by atoms with van der Waals surface area (Å²) in [6.07, 6.45) is 5.11. The lowest BCUT2D eigenvalue weighted by Crippen LogP contribution is -2.20. The van der Waals surface area contributed by atoms with Gasteiger partial charge in [0.05, 0.1) is 4.92 Å². The Morgan fingerprint density at radius 2 is 2.00 bits per heavy atom. The molecule has 102 valence electrons. The standard InChI is InChI=1S/C15H20N2O2/c1-10-5-7-11(8-6-10)13-9-16-15-12(13)3-2-4-14(15)17(18)19/h2-4,10-11,13,16H,5-9H2,1H3. The Balaban J connectivity index is 1.86. The van der Waals surface area contributed by atoms with E-state index in [9.17, 15) is 10.1 Å². The Morgan fingerprint density at radius 3 is 2.68 bits per heavy atom. The number of anilines is 1. The molecule has 4 heteroatoms. The van der Waals surface area contributed by atoms with E-state index in [-0.39, 0.29) is 10.6 Å². The van der Waals surface area contributed by atoms with Gasteiger partial charge in [-0.15, -0.1) is 0 Å². The van der Waals surface area contributed by atoms with Gasteiger partial charge < -0.3 is 5.32 Å². The molecule has 0 spiro atoms. The van der Waals surface area contributed by atoms with Crippen molar-refractivity contribution < 1.29 is 4.92 Å². The van der Waals surface area contributed by atoms with Crippen molar-refractivity contribution in [2.75, 3.05) is 11.9 Å². The summed E-state index contributed by atoms with van der Waals surface area (Å²) in [5.74, 6) is 1.99. The highest BCUT2D eigenvalue weighted by molar-refractivity contribution is 5.70. The number of hydrogen-bond donors (Lipinski definition) is 1. The van der Waals surface area contributed by atoms with Gasteiger partial charge in [0.25, 0.3) is 5.69 Å². The van der Waals surface area contributed by atoms with Crippen LogP contribution in [-0.2, 0) is 0 Å². The third-order valence-corrected chi connectivity index (χ3v) is 4.80. The molecule has 1 N–H and O–H groups in total. The fraction of sp³-hybridized carbons (Fsp3) is 0.600. The fourth-order valence-corrected chi connectivity index (χ4v) is 3.64. The lowest BCUT2D eigenvalue weighted by Gasteiger charge is -2.30. The maximum Gasteiger partial charge on any atom is 0.292 e. The number of fused-ring (bicyclic) bond motifs is 1. The molecule has 1 atom stereocenters. The van der Waals surface area contributed by atoms with E-state index in [1.165, 1.54) is 25.7 Å². The minimum Gasteiger partial charge on any atom is -0.379 e. The summed E-state index contributed by atoms with van der Waals surface area (Å²) >= 11 is 0. The highest BCUT2D eigenvalue weighted by atomic mass is 16.6. The van der Waals surface area contributed by atoms with Crippen LogP contribution in [0.3, 0.4) is 0 Å². The van der Waals surface area contributed by atoms with Gasteiger partial charge in [0, 0.05) is 18.5 Å². The van der Waals surface area contributed by atoms with E-state index in [1.54, 1.807) is 6.07 Å². The SMILES string of the molecule is CC1CCC(C2CNc3c2cccc3[N+](=O)[O-])CC1. The van der Waals surface area contributed by atoms with E-state index >= 15 is 0 Å². The molecule has 4 nitrogen and oxygen atoms in total. The van der Waals surface area contributed by atoms with Crippen LogP contribution in [-0.4, -0.2) is 11.5 Å². The Bertz CT molecular complexity index is 493. The number of rotatable bonds is 2. The number of hydrogen-bond acceptors (Lipinski definition) is 3. The third kappa shape index (κ3) is 2.20. The highest BCUT2D eigenvalue weighted by Crippen LogP contribution is 2.46. The molecule has 1 unspecified atom stereocenters. The number of nitrogens with one attached hydrogen (secondary N) is 1. The summed E-state index contributed by atoms with van der Waals surface area (Å²) in [5.41, 5.74) is 2.15. The first-order valence-electron chi connectivity index (χ1n) is 7.18. The first-order valence-corrected chi connectivity index (χ1v) is 7.18. The summed E-state index contributed by atoms with van der Waals surface area (Å²) in [4.78, 5) is 10.8. The fourth-order valence-electron chi connectivity index (χ4n) is 3.64. The Labute approximate surface area is 113 Å². The molecule has 0 aromatic heterocycles. The average molecular weight is 260 g/mol. The molecule has 1 aromatic carbocycles. The van der Waals surface area contributed by atoms with Crippen molar-refractivity contribution in [3.63, 3.8) is 0 Å². The molecule has 1 aliphatic carbocycles. The molecule has 0 bridgehead atoms. The molecular formula is C15H20N2O2. The molecule has 19 heavy (non-hydrogen) atoms. The zero-order valence-electron chi connectivity index (χ0n) is 11.3. The van der Waals surface area contributed by atoms with Crippen molar-refractivity contribution in [1.29, 1.82) is 0 Å². The van der Waals surface area contributed by atoms with E-state index < -0.39 is 0 Å². The van der Waals surface area contributed by atoms with Gasteiger partial charge in [0.15, 0.2) is 0 Å². The largest absolute Gasteiger partial charge is 0.379 e. The van der Waals surface area contributed by atoms with Crippen LogP contribution in [0, 0.1) is 22.0 Å². The molecule has 1 aliphatic heterocycles. The first-order chi connectivity index (χ1) is 9.16. The smallest absolute Gasteiger partial charge is 0.292 e. The Morgan fingerprint density at radius 1 is 1.26 bits per heavy atom. The van der Waals surface area contributed by atoms with Gasteiger partial charge in [-0.3, -0.25) is 10.1 Å². The number of nitrogens with zero attached hydrogens (tertiary/aromatic N) is 1. The molecule has 1 saturated carbocycles. The van der Waals surface area contributed by atoms with Gasteiger partial charge in [-0.25, -0.2) is 0 Å². The van der Waals surface area contributed by atoms with Gasteiger partial charge in [0.1, 0.15) is 5.69 Å². The van der Waals surface area contributed by atoms with Crippen molar-refractivity contribution >= 4 is 11.4 Å². The topological polar surface area (TPSA) is 55.2 Å². The predicted octanol–water partition coefficient (Wildman–Crippen LogP) is 3.93. The van der Waals surface area contributed by atoms with Gasteiger partial charge in [-0.2, -0.15) is 0 Å². The molecule has 0 saturated heterocycles. The lowest BCUT2D eigenvalue weighted by atomic mass is 9.74. The second kappa shape index (κ2) is 4.83. The van der Waals surface area contributed by atoms with E-state index in [0.717, 1.165) is 23.7 Å². The molecule has 1 fully saturated rings. The van der Waals surface area contributed by atoms with Crippen LogP contribution in [0.25, 0.3) is 0 Å². The molecule has 1 aromatic rings. The molecule has 0 radical (unpaired) electrons. The summed E-state index contributed by atoms with van der Waals surface area (Å²) in [5, 5.41) is 14.3. The zero-order chi connectivity index (χ0) is 13.4. The summed E-state index contributed by atoms with van der Waals surface area (Å²) < 4.78 is 0. The van der Waals surface area contributed by atoms with Crippen molar-refractivity contribution in [2.45, 2.75) is 38.5 Å². The van der Waals surface area contributed by atoms with Crippen molar-refractivity contribution in [1.82, 2.24) is 0 Å². The van der Waals surface area contributed by atoms with Gasteiger partial charge in [-0.05, 0) is 30.2 Å². The van der Waals surface area contributed by atoms with E-state index in [4.69, 9.17) is 0 Å². The van der Waals surface area contributed by atoms with Crippen LogP contribution in [0.2, 0.25) is 0 Å². The maximum atomic E-state index is 11.1. The quantitative estimate of drug-likeness (QED) is 0.647. The number of benzene rings is 1.